The summed E-state index contributed by atoms with van der Waals surface area (Å²) < 4.78 is 11.0. The lowest BCUT2D eigenvalue weighted by atomic mass is 10.1. The van der Waals surface area contributed by atoms with Gasteiger partial charge in [0.25, 0.3) is 0 Å². The van der Waals surface area contributed by atoms with E-state index in [9.17, 15) is 4.79 Å². The molecule has 5 heteroatoms. The smallest absolute Gasteiger partial charge is 0.236 e. The molecule has 0 saturated carbocycles. The average molecular weight is 272 g/mol. The molecule has 1 amide bonds. The average Bonchev–Trinajstić information content (AvgIpc) is 2.41. The summed E-state index contributed by atoms with van der Waals surface area (Å²) in [7, 11) is 0. The molecule has 1 rings (SSSR count). The van der Waals surface area contributed by atoms with Gasteiger partial charge in [-0.2, -0.15) is 0 Å². The van der Waals surface area contributed by atoms with E-state index in [4.69, 9.17) is 9.47 Å². The van der Waals surface area contributed by atoms with Crippen LogP contribution in [0.25, 0.3) is 0 Å². The van der Waals surface area contributed by atoms with E-state index in [1.54, 1.807) is 0 Å². The molecule has 5 nitrogen and oxygen atoms in total. The number of nitrogens with zero attached hydrogens (tertiary/aromatic N) is 1. The molecule has 1 N–H and O–H groups in total. The first-order valence-corrected chi connectivity index (χ1v) is 7.34. The van der Waals surface area contributed by atoms with E-state index in [2.05, 4.69) is 5.32 Å². The van der Waals surface area contributed by atoms with Crippen molar-refractivity contribution in [2.24, 2.45) is 0 Å². The maximum atomic E-state index is 11.9. The Labute approximate surface area is 116 Å². The Morgan fingerprint density at radius 1 is 1.32 bits per heavy atom. The molecule has 1 fully saturated rings. The molecule has 0 radical (unpaired) electrons. The van der Waals surface area contributed by atoms with Gasteiger partial charge in [-0.25, -0.2) is 0 Å². The molecule has 112 valence electrons. The Hall–Kier alpha value is -0.650. The number of piperidine rings is 1. The SMILES string of the molecule is CCOCCOC1CCN(C(=O)CNC(C)C)CC1. The molecule has 0 bridgehead atoms. The topological polar surface area (TPSA) is 50.8 Å². The molecule has 0 aliphatic carbocycles. The Bertz CT molecular complexity index is 251. The van der Waals surface area contributed by atoms with Crippen molar-refractivity contribution in [3.8, 4) is 0 Å². The molecule has 0 aromatic rings. The minimum absolute atomic E-state index is 0.196. The molecule has 19 heavy (non-hydrogen) atoms. The minimum atomic E-state index is 0.196. The largest absolute Gasteiger partial charge is 0.379 e. The van der Waals surface area contributed by atoms with Crippen molar-refractivity contribution in [3.63, 3.8) is 0 Å². The van der Waals surface area contributed by atoms with Crippen molar-refractivity contribution < 1.29 is 14.3 Å². The van der Waals surface area contributed by atoms with E-state index in [1.165, 1.54) is 0 Å². The van der Waals surface area contributed by atoms with Crippen LogP contribution in [0, 0.1) is 0 Å². The van der Waals surface area contributed by atoms with Gasteiger partial charge in [-0.15, -0.1) is 0 Å². The molecule has 1 heterocycles. The molecule has 0 atom stereocenters. The lowest BCUT2D eigenvalue weighted by molar-refractivity contribution is -0.133. The maximum Gasteiger partial charge on any atom is 0.236 e. The van der Waals surface area contributed by atoms with Crippen LogP contribution in [0.1, 0.15) is 33.6 Å². The molecule has 1 aliphatic heterocycles. The second-order valence-electron chi connectivity index (χ2n) is 5.18. The molecule has 0 aromatic heterocycles. The molecular formula is C14H28N2O3. The Balaban J connectivity index is 2.12. The highest BCUT2D eigenvalue weighted by Crippen LogP contribution is 2.13. The molecule has 0 unspecified atom stereocenters. The van der Waals surface area contributed by atoms with E-state index in [0.717, 1.165) is 32.5 Å². The van der Waals surface area contributed by atoms with Gasteiger partial charge in [0, 0.05) is 25.7 Å². The van der Waals surface area contributed by atoms with Crippen LogP contribution in [-0.4, -0.2) is 62.4 Å². The highest BCUT2D eigenvalue weighted by molar-refractivity contribution is 5.78. The van der Waals surface area contributed by atoms with Gasteiger partial charge in [-0.1, -0.05) is 13.8 Å². The fraction of sp³-hybridized carbons (Fsp3) is 0.929. The first-order chi connectivity index (χ1) is 9.13. The van der Waals surface area contributed by atoms with Gasteiger partial charge >= 0.3 is 0 Å². The lowest BCUT2D eigenvalue weighted by Gasteiger charge is -2.32. The van der Waals surface area contributed by atoms with E-state index < -0.39 is 0 Å². The minimum Gasteiger partial charge on any atom is -0.379 e. The number of nitrogens with one attached hydrogen (secondary N) is 1. The molecule has 1 saturated heterocycles. The van der Waals surface area contributed by atoms with Gasteiger partial charge < -0.3 is 19.7 Å². The third-order valence-electron chi connectivity index (χ3n) is 3.24. The number of carbonyl (C=O) groups is 1. The van der Waals surface area contributed by atoms with Crippen molar-refractivity contribution in [1.29, 1.82) is 0 Å². The van der Waals surface area contributed by atoms with Crippen LogP contribution < -0.4 is 5.32 Å². The van der Waals surface area contributed by atoms with E-state index in [1.807, 2.05) is 25.7 Å². The zero-order valence-electron chi connectivity index (χ0n) is 12.5. The normalized spacial score (nSPS) is 17.2. The summed E-state index contributed by atoms with van der Waals surface area (Å²) in [6.07, 6.45) is 2.14. The van der Waals surface area contributed by atoms with E-state index in [0.29, 0.717) is 25.8 Å². The number of rotatable bonds is 8. The Morgan fingerprint density at radius 2 is 2.00 bits per heavy atom. The number of ether oxygens (including phenoxy) is 2. The summed E-state index contributed by atoms with van der Waals surface area (Å²) >= 11 is 0. The van der Waals surface area contributed by atoms with Crippen molar-refractivity contribution in [2.45, 2.75) is 45.8 Å². The number of amides is 1. The fourth-order valence-electron chi connectivity index (χ4n) is 2.09. The zero-order valence-corrected chi connectivity index (χ0v) is 12.5. The number of hydrogen-bond donors (Lipinski definition) is 1. The van der Waals surface area contributed by atoms with Crippen molar-refractivity contribution in [1.82, 2.24) is 10.2 Å². The summed E-state index contributed by atoms with van der Waals surface area (Å²) in [6, 6.07) is 0.350. The monoisotopic (exact) mass is 272 g/mol. The van der Waals surface area contributed by atoms with E-state index >= 15 is 0 Å². The van der Waals surface area contributed by atoms with Gasteiger partial charge in [0.2, 0.25) is 5.91 Å². The zero-order chi connectivity index (χ0) is 14.1. The first kappa shape index (κ1) is 16.4. The predicted octanol–water partition coefficient (Wildman–Crippen LogP) is 1.03. The first-order valence-electron chi connectivity index (χ1n) is 7.34. The summed E-state index contributed by atoms with van der Waals surface area (Å²) in [5.74, 6) is 0.196. The highest BCUT2D eigenvalue weighted by Gasteiger charge is 2.22. The summed E-state index contributed by atoms with van der Waals surface area (Å²) in [5.41, 5.74) is 0. The second kappa shape index (κ2) is 9.28. The van der Waals surface area contributed by atoms with Crippen LogP contribution in [0.3, 0.4) is 0 Å². The third-order valence-corrected chi connectivity index (χ3v) is 3.24. The Kier molecular flexibility index (Phi) is 8.02. The predicted molar refractivity (Wildman–Crippen MR) is 75.2 cm³/mol. The van der Waals surface area contributed by atoms with Crippen LogP contribution in [-0.2, 0) is 14.3 Å². The quantitative estimate of drug-likeness (QED) is 0.671. The summed E-state index contributed by atoms with van der Waals surface area (Å²) in [5, 5.41) is 3.16. The molecule has 1 aliphatic rings. The third kappa shape index (κ3) is 6.89. The second-order valence-corrected chi connectivity index (χ2v) is 5.18. The molecular weight excluding hydrogens is 244 g/mol. The maximum absolute atomic E-state index is 11.9. The van der Waals surface area contributed by atoms with Gasteiger partial charge in [0.15, 0.2) is 0 Å². The number of hydrogen-bond acceptors (Lipinski definition) is 4. The van der Waals surface area contributed by atoms with Crippen LogP contribution in [0.15, 0.2) is 0 Å². The lowest BCUT2D eigenvalue weighted by Crippen LogP contribution is -2.45. The molecule has 0 spiro atoms. The van der Waals surface area contributed by atoms with Crippen LogP contribution in [0.2, 0.25) is 0 Å². The van der Waals surface area contributed by atoms with Gasteiger partial charge in [-0.05, 0) is 19.8 Å². The Morgan fingerprint density at radius 3 is 2.58 bits per heavy atom. The standard InChI is InChI=1S/C14H28N2O3/c1-4-18-9-10-19-13-5-7-16(8-6-13)14(17)11-15-12(2)3/h12-13,15H,4-11H2,1-3H3. The van der Waals surface area contributed by atoms with Crippen molar-refractivity contribution >= 4 is 5.91 Å². The molecule has 0 aromatic carbocycles. The van der Waals surface area contributed by atoms with Crippen molar-refractivity contribution in [2.75, 3.05) is 39.5 Å². The van der Waals surface area contributed by atoms with Crippen molar-refractivity contribution in [3.05, 3.63) is 0 Å². The fourth-order valence-corrected chi connectivity index (χ4v) is 2.09. The van der Waals surface area contributed by atoms with E-state index in [-0.39, 0.29) is 12.0 Å². The highest BCUT2D eigenvalue weighted by atomic mass is 16.5. The van der Waals surface area contributed by atoms with Crippen LogP contribution in [0.5, 0.6) is 0 Å². The van der Waals surface area contributed by atoms with Gasteiger partial charge in [0.05, 0.1) is 25.9 Å². The number of likely N-dealkylation sites (tertiary alicyclic amines) is 1. The summed E-state index contributed by atoms with van der Waals surface area (Å²) in [4.78, 5) is 13.8. The number of carbonyl (C=O) groups excluding carboxylic acids is 1. The summed E-state index contributed by atoms with van der Waals surface area (Å²) in [6.45, 7) is 10.2. The van der Waals surface area contributed by atoms with Crippen LogP contribution >= 0.6 is 0 Å². The van der Waals surface area contributed by atoms with Gasteiger partial charge in [0.1, 0.15) is 0 Å². The van der Waals surface area contributed by atoms with Crippen LogP contribution in [0.4, 0.5) is 0 Å². The van der Waals surface area contributed by atoms with Gasteiger partial charge in [-0.3, -0.25) is 4.79 Å².